The Morgan fingerprint density at radius 3 is 2.85 bits per heavy atom. The molecule has 2 N–H and O–H groups in total. The molecule has 0 bridgehead atoms. The number of amides is 1. The number of aromatic amines is 1. The Balaban J connectivity index is 1.57. The number of piperidine rings is 1. The van der Waals surface area contributed by atoms with Crippen LogP contribution in [0.1, 0.15) is 36.2 Å². The van der Waals surface area contributed by atoms with Gasteiger partial charge in [0.25, 0.3) is 5.91 Å². The number of aliphatic carboxylic acids is 1. The van der Waals surface area contributed by atoms with Crippen molar-refractivity contribution in [3.8, 4) is 17.1 Å². The minimum Gasteiger partial charge on any atom is -0.481 e. The topological polar surface area (TPSA) is 108 Å². The standard InChI is InChI=1S/C18H19FN4O4/c1-27-15-6-11(12(19)9-20-15)13-7-14(22-21-13)16(24)23-5-2-10(17(25)26)8-18(23)3-4-18/h6-7,9-10H,2-5,8H2,1H3,(H,21,22)(H,25,26). The van der Waals surface area contributed by atoms with Gasteiger partial charge in [-0.15, -0.1) is 0 Å². The number of carboxylic acid groups (broad SMARTS) is 1. The predicted molar refractivity (Wildman–Crippen MR) is 91.7 cm³/mol. The molecule has 0 aromatic carbocycles. The number of carboxylic acids is 1. The first kappa shape index (κ1) is 17.4. The first-order chi connectivity index (χ1) is 12.9. The Kier molecular flexibility index (Phi) is 4.09. The number of likely N-dealkylation sites (tertiary alicyclic amines) is 1. The summed E-state index contributed by atoms with van der Waals surface area (Å²) in [6.45, 7) is 0.384. The SMILES string of the molecule is COc1cc(-c2cc(C(=O)N3CCC(C(=O)O)CC34CC4)n[nH]2)c(F)cn1. The van der Waals surface area contributed by atoms with Gasteiger partial charge in [0.1, 0.15) is 0 Å². The zero-order valence-corrected chi connectivity index (χ0v) is 14.7. The number of nitrogens with zero attached hydrogens (tertiary/aromatic N) is 3. The van der Waals surface area contributed by atoms with Crippen LogP contribution in [0.4, 0.5) is 4.39 Å². The van der Waals surface area contributed by atoms with Gasteiger partial charge in [0.15, 0.2) is 11.5 Å². The van der Waals surface area contributed by atoms with E-state index in [0.29, 0.717) is 25.1 Å². The molecule has 1 spiro atoms. The molecule has 1 unspecified atom stereocenters. The molecule has 1 saturated carbocycles. The number of aromatic nitrogens is 3. The minimum atomic E-state index is -0.808. The largest absolute Gasteiger partial charge is 0.481 e. The van der Waals surface area contributed by atoms with Gasteiger partial charge in [0, 0.05) is 23.7 Å². The van der Waals surface area contributed by atoms with Gasteiger partial charge in [-0.3, -0.25) is 14.7 Å². The number of H-pyrrole nitrogens is 1. The average Bonchev–Trinajstić information content (AvgIpc) is 3.24. The van der Waals surface area contributed by atoms with Crippen LogP contribution in [0.5, 0.6) is 5.88 Å². The summed E-state index contributed by atoms with van der Waals surface area (Å²) in [5.41, 5.74) is 0.365. The maximum absolute atomic E-state index is 14.1. The van der Waals surface area contributed by atoms with E-state index in [4.69, 9.17) is 4.74 Å². The predicted octanol–water partition coefficient (Wildman–Crippen LogP) is 2.09. The van der Waals surface area contributed by atoms with Crippen LogP contribution in [0.3, 0.4) is 0 Å². The highest BCUT2D eigenvalue weighted by Crippen LogP contribution is 2.50. The molecule has 1 aliphatic carbocycles. The van der Waals surface area contributed by atoms with Crippen molar-refractivity contribution >= 4 is 11.9 Å². The Bertz CT molecular complexity index is 909. The van der Waals surface area contributed by atoms with E-state index in [2.05, 4.69) is 15.2 Å². The first-order valence-electron chi connectivity index (χ1n) is 8.73. The van der Waals surface area contributed by atoms with Crippen LogP contribution in [0.25, 0.3) is 11.3 Å². The monoisotopic (exact) mass is 374 g/mol. The normalized spacial score (nSPS) is 20.5. The number of halogens is 1. The molecule has 2 aromatic rings. The lowest BCUT2D eigenvalue weighted by Crippen LogP contribution is -2.49. The summed E-state index contributed by atoms with van der Waals surface area (Å²) in [6.07, 6.45) is 3.55. The average molecular weight is 374 g/mol. The molecule has 1 amide bonds. The fourth-order valence-electron chi connectivity index (χ4n) is 3.78. The fourth-order valence-corrected chi connectivity index (χ4v) is 3.78. The van der Waals surface area contributed by atoms with E-state index in [9.17, 15) is 19.1 Å². The van der Waals surface area contributed by atoms with E-state index in [-0.39, 0.29) is 28.6 Å². The lowest BCUT2D eigenvalue weighted by molar-refractivity contribution is -0.144. The van der Waals surface area contributed by atoms with Gasteiger partial charge in [0.2, 0.25) is 5.88 Å². The van der Waals surface area contributed by atoms with Crippen molar-refractivity contribution in [2.45, 2.75) is 31.2 Å². The number of carbonyl (C=O) groups is 2. The summed E-state index contributed by atoms with van der Waals surface area (Å²) < 4.78 is 19.1. The van der Waals surface area contributed by atoms with E-state index >= 15 is 0 Å². The maximum Gasteiger partial charge on any atom is 0.306 e. The van der Waals surface area contributed by atoms with Crippen molar-refractivity contribution < 1.29 is 23.8 Å². The van der Waals surface area contributed by atoms with Crippen molar-refractivity contribution in [2.24, 2.45) is 5.92 Å². The molecule has 1 aliphatic heterocycles. The molecule has 2 aromatic heterocycles. The van der Waals surface area contributed by atoms with Gasteiger partial charge in [0.05, 0.1) is 24.9 Å². The van der Waals surface area contributed by atoms with Crippen molar-refractivity contribution in [2.75, 3.05) is 13.7 Å². The molecule has 2 fully saturated rings. The number of ether oxygens (including phenoxy) is 1. The van der Waals surface area contributed by atoms with Gasteiger partial charge in [-0.25, -0.2) is 9.37 Å². The third-order valence-electron chi connectivity index (χ3n) is 5.45. The summed E-state index contributed by atoms with van der Waals surface area (Å²) in [7, 11) is 1.43. The van der Waals surface area contributed by atoms with E-state index in [0.717, 1.165) is 19.0 Å². The molecule has 1 saturated heterocycles. The van der Waals surface area contributed by atoms with Crippen LogP contribution < -0.4 is 4.74 Å². The molecule has 2 aliphatic rings. The van der Waals surface area contributed by atoms with E-state index in [1.54, 1.807) is 4.90 Å². The molecule has 0 radical (unpaired) electrons. The highest BCUT2D eigenvalue weighted by Gasteiger charge is 2.54. The Hall–Kier alpha value is -2.97. The third-order valence-corrected chi connectivity index (χ3v) is 5.45. The number of nitrogens with one attached hydrogen (secondary N) is 1. The molecule has 27 heavy (non-hydrogen) atoms. The second kappa shape index (κ2) is 6.33. The summed E-state index contributed by atoms with van der Waals surface area (Å²) in [5.74, 6) is -1.79. The van der Waals surface area contributed by atoms with Crippen molar-refractivity contribution in [1.29, 1.82) is 0 Å². The zero-order chi connectivity index (χ0) is 19.2. The van der Waals surface area contributed by atoms with Crippen LogP contribution in [-0.2, 0) is 4.79 Å². The van der Waals surface area contributed by atoms with Crippen LogP contribution in [0.15, 0.2) is 18.3 Å². The molecular weight excluding hydrogens is 355 g/mol. The van der Waals surface area contributed by atoms with Gasteiger partial charge in [-0.05, 0) is 31.7 Å². The van der Waals surface area contributed by atoms with Crippen LogP contribution in [0.2, 0.25) is 0 Å². The first-order valence-corrected chi connectivity index (χ1v) is 8.73. The smallest absolute Gasteiger partial charge is 0.306 e. The summed E-state index contributed by atoms with van der Waals surface area (Å²) in [5, 5.41) is 16.0. The van der Waals surface area contributed by atoms with Crippen molar-refractivity contribution in [1.82, 2.24) is 20.1 Å². The van der Waals surface area contributed by atoms with Crippen molar-refractivity contribution in [3.63, 3.8) is 0 Å². The highest BCUT2D eigenvalue weighted by molar-refractivity contribution is 5.94. The molecular formula is C18H19FN4O4. The lowest BCUT2D eigenvalue weighted by atomic mass is 9.89. The number of methoxy groups -OCH3 is 1. The number of pyridine rings is 1. The Labute approximate surface area is 154 Å². The molecule has 9 heteroatoms. The fraction of sp³-hybridized carbons (Fsp3) is 0.444. The van der Waals surface area contributed by atoms with E-state index < -0.39 is 17.7 Å². The lowest BCUT2D eigenvalue weighted by Gasteiger charge is -2.38. The molecule has 142 valence electrons. The molecule has 3 heterocycles. The van der Waals surface area contributed by atoms with Crippen molar-refractivity contribution in [3.05, 3.63) is 29.8 Å². The number of hydrogen-bond acceptors (Lipinski definition) is 5. The summed E-state index contributed by atoms with van der Waals surface area (Å²) in [4.78, 5) is 29.8. The third kappa shape index (κ3) is 3.02. The van der Waals surface area contributed by atoms with Gasteiger partial charge in [-0.2, -0.15) is 5.10 Å². The molecule has 4 rings (SSSR count). The summed E-state index contributed by atoms with van der Waals surface area (Å²) in [6, 6.07) is 2.93. The molecule has 8 nitrogen and oxygen atoms in total. The second-order valence-corrected chi connectivity index (χ2v) is 7.08. The van der Waals surface area contributed by atoms with Crippen LogP contribution >= 0.6 is 0 Å². The second-order valence-electron chi connectivity index (χ2n) is 7.08. The van der Waals surface area contributed by atoms with Crippen LogP contribution in [0, 0.1) is 11.7 Å². The number of hydrogen-bond donors (Lipinski definition) is 2. The maximum atomic E-state index is 14.1. The number of rotatable bonds is 4. The quantitative estimate of drug-likeness (QED) is 0.848. The Morgan fingerprint density at radius 2 is 2.19 bits per heavy atom. The van der Waals surface area contributed by atoms with Gasteiger partial charge < -0.3 is 14.7 Å². The van der Waals surface area contributed by atoms with E-state index in [1.165, 1.54) is 19.2 Å². The van der Waals surface area contributed by atoms with Gasteiger partial charge >= 0.3 is 5.97 Å². The van der Waals surface area contributed by atoms with E-state index in [1.807, 2.05) is 0 Å². The summed E-state index contributed by atoms with van der Waals surface area (Å²) >= 11 is 0. The minimum absolute atomic E-state index is 0.181. The van der Waals surface area contributed by atoms with Gasteiger partial charge in [-0.1, -0.05) is 0 Å². The number of carbonyl (C=O) groups excluding carboxylic acids is 1. The van der Waals surface area contributed by atoms with Crippen LogP contribution in [-0.4, -0.2) is 56.3 Å². The molecule has 1 atom stereocenters. The zero-order valence-electron chi connectivity index (χ0n) is 14.7. The Morgan fingerprint density at radius 1 is 1.41 bits per heavy atom. The highest BCUT2D eigenvalue weighted by atomic mass is 19.1.